The van der Waals surface area contributed by atoms with Gasteiger partial charge in [-0.2, -0.15) is 0 Å². The Bertz CT molecular complexity index is 3320. The second-order valence-corrected chi connectivity index (χ2v) is 19.2. The Labute approximate surface area is 350 Å². The average molecular weight is 773 g/mol. The summed E-state index contributed by atoms with van der Waals surface area (Å²) in [5, 5.41) is 2.72. The molecule has 4 heterocycles. The van der Waals surface area contributed by atoms with Crippen molar-refractivity contribution in [3.63, 3.8) is 0 Å². The Balaban J connectivity index is 1.25. The van der Waals surface area contributed by atoms with Crippen LogP contribution < -0.4 is 20.6 Å². The van der Waals surface area contributed by atoms with Crippen molar-refractivity contribution >= 4 is 77.7 Å². The van der Waals surface area contributed by atoms with Crippen LogP contribution in [0.4, 0.5) is 28.4 Å². The number of thiophene rings is 1. The highest BCUT2D eigenvalue weighted by atomic mass is 32.1. The van der Waals surface area contributed by atoms with E-state index in [4.69, 9.17) is 0 Å². The third-order valence-corrected chi connectivity index (χ3v) is 15.4. The molecule has 59 heavy (non-hydrogen) atoms. The molecule has 2 nitrogen and oxygen atoms in total. The minimum Gasteiger partial charge on any atom is -0.376 e. The van der Waals surface area contributed by atoms with Crippen molar-refractivity contribution in [3.8, 4) is 33.4 Å². The fraction of sp³-hybridized carbons (Fsp3) is 0.127. The van der Waals surface area contributed by atoms with Crippen LogP contribution in [-0.4, -0.2) is 6.85 Å². The summed E-state index contributed by atoms with van der Waals surface area (Å²) in [5.74, 6) is 0. The van der Waals surface area contributed by atoms with Crippen LogP contribution in [0, 0.1) is 6.92 Å². The third-order valence-electron chi connectivity index (χ3n) is 14.3. The molecule has 4 aliphatic rings. The zero-order valence-corrected chi connectivity index (χ0v) is 34.7. The molecule has 9 aromatic rings. The number of hydrogen-bond donors (Lipinski definition) is 0. The van der Waals surface area contributed by atoms with Gasteiger partial charge in [0.25, 0.3) is 0 Å². The second-order valence-electron chi connectivity index (χ2n) is 18.1. The molecule has 0 saturated carbocycles. The highest BCUT2D eigenvalue weighted by molar-refractivity contribution is 7.26. The zero-order valence-electron chi connectivity index (χ0n) is 33.9. The van der Waals surface area contributed by atoms with Gasteiger partial charge in [-0.25, -0.2) is 0 Å². The predicted octanol–water partition coefficient (Wildman–Crippen LogP) is 13.7. The van der Waals surface area contributed by atoms with Crippen molar-refractivity contribution in [2.45, 2.75) is 45.4 Å². The smallest absolute Gasteiger partial charge is 0.333 e. The maximum Gasteiger partial charge on any atom is 0.333 e. The first-order valence-electron chi connectivity index (χ1n) is 21.0. The lowest BCUT2D eigenvalue weighted by Gasteiger charge is -2.51. The monoisotopic (exact) mass is 772 g/mol. The molecule has 0 spiro atoms. The Hall–Kier alpha value is -6.36. The lowest BCUT2D eigenvalue weighted by molar-refractivity contribution is 0.634. The van der Waals surface area contributed by atoms with Crippen LogP contribution in [-0.2, 0) is 10.8 Å². The van der Waals surface area contributed by atoms with Gasteiger partial charge in [0.2, 0.25) is 0 Å². The Morgan fingerprint density at radius 2 is 1.20 bits per heavy atom. The van der Waals surface area contributed by atoms with Crippen molar-refractivity contribution in [3.05, 3.63) is 186 Å². The van der Waals surface area contributed by atoms with Gasteiger partial charge in [0.05, 0.1) is 5.69 Å². The van der Waals surface area contributed by atoms with E-state index in [0.717, 1.165) is 0 Å². The predicted molar refractivity (Wildman–Crippen MR) is 253 cm³/mol. The highest BCUT2D eigenvalue weighted by Gasteiger charge is 2.52. The number of fused-ring (bicyclic) bond motifs is 13. The first kappa shape index (κ1) is 33.6. The van der Waals surface area contributed by atoms with E-state index in [9.17, 15) is 0 Å². The quantitative estimate of drug-likeness (QED) is 0.162. The number of nitrogens with zero attached hydrogens (tertiary/aromatic N) is 2. The molecule has 0 radical (unpaired) electrons. The van der Waals surface area contributed by atoms with Gasteiger partial charge in [-0.1, -0.05) is 155 Å². The van der Waals surface area contributed by atoms with E-state index in [2.05, 4.69) is 202 Å². The van der Waals surface area contributed by atoms with Gasteiger partial charge < -0.3 is 9.71 Å². The van der Waals surface area contributed by atoms with Crippen LogP contribution in [0.1, 0.15) is 55.5 Å². The topological polar surface area (TPSA) is 6.48 Å². The maximum absolute atomic E-state index is 2.75. The fourth-order valence-corrected chi connectivity index (χ4v) is 12.7. The molecule has 0 amide bonds. The van der Waals surface area contributed by atoms with Gasteiger partial charge >= 0.3 is 6.85 Å². The van der Waals surface area contributed by atoms with Crippen LogP contribution >= 0.6 is 11.3 Å². The molecule has 0 bridgehead atoms. The van der Waals surface area contributed by atoms with E-state index in [1.54, 1.807) is 0 Å². The van der Waals surface area contributed by atoms with E-state index in [0.29, 0.717) is 0 Å². The maximum atomic E-state index is 2.75. The summed E-state index contributed by atoms with van der Waals surface area (Å²) in [5.41, 5.74) is 23.5. The Kier molecular flexibility index (Phi) is 6.51. The molecule has 0 atom stereocenters. The van der Waals surface area contributed by atoms with E-state index in [-0.39, 0.29) is 17.7 Å². The molecule has 0 saturated heterocycles. The Morgan fingerprint density at radius 1 is 0.492 bits per heavy atom. The van der Waals surface area contributed by atoms with Crippen molar-refractivity contribution in [1.82, 2.24) is 0 Å². The molecule has 3 aliphatic heterocycles. The molecular formula is C55H41BN2S. The van der Waals surface area contributed by atoms with Crippen molar-refractivity contribution in [2.24, 2.45) is 0 Å². The van der Waals surface area contributed by atoms with Gasteiger partial charge in [-0.3, -0.25) is 0 Å². The standard InChI is InChI=1S/C55H41BN2S/c1-32-26-27-44(37(28-32)33-16-7-6-8-17-33)57-46-29-38-34-18-9-11-21-39(34)54(2,3)42(38)30-43(46)56-52-47(57)31-49-50(35-19-10-14-25-48(35)59-49)51(52)36-20-15-23-41-53(36)58(56)45-24-13-12-22-40(45)55(41,4)5/h6-31H,1-5H3. The molecular weight excluding hydrogens is 731 g/mol. The van der Waals surface area contributed by atoms with E-state index >= 15 is 0 Å². The van der Waals surface area contributed by atoms with E-state index in [1.807, 2.05) is 11.3 Å². The van der Waals surface area contributed by atoms with Crippen molar-refractivity contribution < 1.29 is 0 Å². The number of benzene rings is 8. The number of anilines is 5. The molecule has 0 N–H and O–H groups in total. The van der Waals surface area contributed by atoms with Crippen LogP contribution in [0.5, 0.6) is 0 Å². The van der Waals surface area contributed by atoms with Gasteiger partial charge in [0.1, 0.15) is 0 Å². The van der Waals surface area contributed by atoms with E-state index < -0.39 is 0 Å². The summed E-state index contributed by atoms with van der Waals surface area (Å²) < 4.78 is 2.66. The highest BCUT2D eigenvalue weighted by Crippen LogP contribution is 2.59. The molecule has 0 unspecified atom stereocenters. The molecule has 1 aliphatic carbocycles. The lowest BCUT2D eigenvalue weighted by Crippen LogP contribution is -2.63. The summed E-state index contributed by atoms with van der Waals surface area (Å²) in [7, 11) is 0. The molecule has 1 aromatic heterocycles. The molecule has 8 aromatic carbocycles. The largest absolute Gasteiger partial charge is 0.376 e. The normalized spacial score (nSPS) is 15.7. The van der Waals surface area contributed by atoms with Gasteiger partial charge in [0, 0.05) is 64.9 Å². The number of aryl methyl sites for hydroxylation is 1. The van der Waals surface area contributed by atoms with Crippen molar-refractivity contribution in [2.75, 3.05) is 9.71 Å². The average Bonchev–Trinajstić information content (AvgIpc) is 3.74. The minimum atomic E-state index is -0.180. The van der Waals surface area contributed by atoms with Gasteiger partial charge in [-0.15, -0.1) is 11.3 Å². The van der Waals surface area contributed by atoms with Crippen molar-refractivity contribution in [1.29, 1.82) is 0 Å². The number of rotatable bonds is 2. The summed E-state index contributed by atoms with van der Waals surface area (Å²) in [6.45, 7) is 11.8. The summed E-state index contributed by atoms with van der Waals surface area (Å²) in [6.07, 6.45) is 0. The van der Waals surface area contributed by atoms with Crippen LogP contribution in [0.25, 0.3) is 53.6 Å². The second kappa shape index (κ2) is 11.4. The first-order valence-corrected chi connectivity index (χ1v) is 21.8. The van der Waals surface area contributed by atoms with E-state index in [1.165, 1.54) is 121 Å². The SMILES string of the molecule is Cc1ccc(N2c3cc4c(cc3B3c5c2cc2sc6ccccc6c2c5-c2cccc5c2N3c2ccccc2C5(C)C)C(C)(C)c2ccccc2-4)c(-c2ccccc2)c1. The van der Waals surface area contributed by atoms with Crippen LogP contribution in [0.2, 0.25) is 0 Å². The zero-order chi connectivity index (χ0) is 39.5. The summed E-state index contributed by atoms with van der Waals surface area (Å²) in [6, 6.07) is 60.3. The third kappa shape index (κ3) is 4.22. The van der Waals surface area contributed by atoms with Gasteiger partial charge in [-0.05, 0) is 98.8 Å². The summed E-state index contributed by atoms with van der Waals surface area (Å²) in [4.78, 5) is 5.40. The van der Waals surface area contributed by atoms with Crippen LogP contribution in [0.3, 0.4) is 0 Å². The first-order chi connectivity index (χ1) is 28.7. The molecule has 280 valence electrons. The number of para-hydroxylation sites is 2. The molecule has 0 fully saturated rings. The lowest BCUT2D eigenvalue weighted by atomic mass is 9.42. The fourth-order valence-electron chi connectivity index (χ4n) is 11.6. The Morgan fingerprint density at radius 3 is 2.07 bits per heavy atom. The summed E-state index contributed by atoms with van der Waals surface area (Å²) >= 11 is 1.93. The molecule has 13 rings (SSSR count). The van der Waals surface area contributed by atoms with Gasteiger partial charge in [0.15, 0.2) is 0 Å². The number of hydrogen-bond acceptors (Lipinski definition) is 3. The minimum absolute atomic E-state index is 0.0596. The molecule has 4 heteroatoms. The van der Waals surface area contributed by atoms with Crippen LogP contribution in [0.15, 0.2) is 158 Å².